The predicted octanol–water partition coefficient (Wildman–Crippen LogP) is 5.10. The van der Waals surface area contributed by atoms with Gasteiger partial charge in [0.05, 0.1) is 0 Å². The Balaban J connectivity index is 1.77. The van der Waals surface area contributed by atoms with Crippen LogP contribution in [0.3, 0.4) is 0 Å². The number of carbonyl (C=O) groups is 2. The van der Waals surface area contributed by atoms with Crippen LogP contribution >= 0.6 is 0 Å². The van der Waals surface area contributed by atoms with Crippen molar-refractivity contribution in [3.8, 4) is 5.75 Å². The third-order valence-electron chi connectivity index (χ3n) is 4.53. The van der Waals surface area contributed by atoms with Gasteiger partial charge in [-0.05, 0) is 29.7 Å². The monoisotopic (exact) mass is 374 g/mol. The van der Waals surface area contributed by atoms with E-state index in [2.05, 4.69) is 0 Å². The zero-order valence-corrected chi connectivity index (χ0v) is 15.5. The van der Waals surface area contributed by atoms with Gasteiger partial charge in [0.25, 0.3) is 0 Å². The van der Waals surface area contributed by atoms with E-state index in [1.807, 2.05) is 66.7 Å². The molecule has 1 atom stereocenters. The molecular formula is C24H22O4. The minimum atomic E-state index is -0.909. The number of Topliss-reactive ketones (excluding diaryl/α,β-unsaturated/α-hetero) is 1. The van der Waals surface area contributed by atoms with Crippen LogP contribution in [0.4, 0.5) is 0 Å². The van der Waals surface area contributed by atoms with Gasteiger partial charge in [0.2, 0.25) is 0 Å². The van der Waals surface area contributed by atoms with Crippen molar-refractivity contribution in [2.75, 3.05) is 0 Å². The third-order valence-corrected chi connectivity index (χ3v) is 4.53. The second-order valence-corrected chi connectivity index (χ2v) is 6.56. The Hall–Kier alpha value is -3.40. The number of rotatable bonds is 9. The Kier molecular flexibility index (Phi) is 6.58. The topological polar surface area (TPSA) is 63.6 Å². The molecule has 3 aromatic rings. The maximum atomic E-state index is 13.1. The molecule has 0 heterocycles. The summed E-state index contributed by atoms with van der Waals surface area (Å²) in [6.07, 6.45) is 0.197. The molecule has 0 aliphatic heterocycles. The predicted molar refractivity (Wildman–Crippen MR) is 108 cm³/mol. The van der Waals surface area contributed by atoms with Crippen LogP contribution in [0.15, 0.2) is 84.9 Å². The van der Waals surface area contributed by atoms with E-state index in [4.69, 9.17) is 9.84 Å². The molecule has 1 N–H and O–H groups in total. The molecule has 28 heavy (non-hydrogen) atoms. The molecule has 0 fully saturated rings. The van der Waals surface area contributed by atoms with E-state index < -0.39 is 11.9 Å². The van der Waals surface area contributed by atoms with Gasteiger partial charge < -0.3 is 9.84 Å². The normalized spacial score (nSPS) is 11.6. The van der Waals surface area contributed by atoms with E-state index in [1.54, 1.807) is 18.2 Å². The number of ketones is 1. The maximum Gasteiger partial charge on any atom is 0.303 e. The molecule has 0 radical (unpaired) electrons. The van der Waals surface area contributed by atoms with Crippen LogP contribution < -0.4 is 4.74 Å². The lowest BCUT2D eigenvalue weighted by molar-refractivity contribution is -0.137. The van der Waals surface area contributed by atoms with E-state index in [9.17, 15) is 9.59 Å². The first-order valence-electron chi connectivity index (χ1n) is 9.21. The van der Waals surface area contributed by atoms with Crippen molar-refractivity contribution in [3.05, 3.63) is 102 Å². The first-order chi connectivity index (χ1) is 13.6. The lowest BCUT2D eigenvalue weighted by Crippen LogP contribution is -2.15. The fraction of sp³-hybridized carbons (Fsp3) is 0.167. The average molecular weight is 374 g/mol. The molecular weight excluding hydrogens is 352 g/mol. The molecule has 3 rings (SSSR count). The van der Waals surface area contributed by atoms with E-state index in [0.29, 0.717) is 17.9 Å². The summed E-state index contributed by atoms with van der Waals surface area (Å²) < 4.78 is 5.82. The van der Waals surface area contributed by atoms with Gasteiger partial charge in [0.1, 0.15) is 12.4 Å². The Morgan fingerprint density at radius 3 is 2.21 bits per heavy atom. The van der Waals surface area contributed by atoms with Crippen LogP contribution in [0.2, 0.25) is 0 Å². The molecule has 0 aromatic heterocycles. The Labute approximate surface area is 164 Å². The molecule has 0 saturated heterocycles. The fourth-order valence-electron chi connectivity index (χ4n) is 3.08. The Morgan fingerprint density at radius 2 is 1.54 bits per heavy atom. The van der Waals surface area contributed by atoms with Crippen molar-refractivity contribution in [3.63, 3.8) is 0 Å². The highest BCUT2D eigenvalue weighted by Gasteiger charge is 2.23. The number of carboxylic acid groups (broad SMARTS) is 1. The van der Waals surface area contributed by atoms with Gasteiger partial charge in [-0.15, -0.1) is 0 Å². The highest BCUT2D eigenvalue weighted by molar-refractivity contribution is 6.01. The maximum absolute atomic E-state index is 13.1. The lowest BCUT2D eigenvalue weighted by atomic mass is 9.87. The minimum Gasteiger partial charge on any atom is -0.489 e. The number of aliphatic carboxylic acids is 1. The van der Waals surface area contributed by atoms with Gasteiger partial charge in [0.15, 0.2) is 5.78 Å². The smallest absolute Gasteiger partial charge is 0.303 e. The molecule has 3 aromatic carbocycles. The second kappa shape index (κ2) is 9.51. The fourth-order valence-corrected chi connectivity index (χ4v) is 3.08. The van der Waals surface area contributed by atoms with Crippen molar-refractivity contribution >= 4 is 11.8 Å². The highest BCUT2D eigenvalue weighted by atomic mass is 16.5. The summed E-state index contributed by atoms with van der Waals surface area (Å²) >= 11 is 0. The van der Waals surface area contributed by atoms with Gasteiger partial charge in [-0.3, -0.25) is 9.59 Å². The van der Waals surface area contributed by atoms with Crippen LogP contribution in [0.1, 0.15) is 40.2 Å². The molecule has 0 bridgehead atoms. The van der Waals surface area contributed by atoms with E-state index in [0.717, 1.165) is 11.1 Å². The number of ether oxygens (including phenoxy) is 1. The second-order valence-electron chi connectivity index (χ2n) is 6.56. The highest BCUT2D eigenvalue weighted by Crippen LogP contribution is 2.27. The molecule has 142 valence electrons. The van der Waals surface area contributed by atoms with E-state index in [1.165, 1.54) is 0 Å². The standard InChI is InChI=1S/C24H22O4/c25-23(26)15-14-22(19-10-5-2-6-11-19)24(27)20-12-7-13-21(16-20)28-17-18-8-3-1-4-9-18/h1-13,16,22H,14-15,17H2,(H,25,26)/t22-/m0/s1. The number of benzene rings is 3. The summed E-state index contributed by atoms with van der Waals surface area (Å²) in [6.45, 7) is 0.416. The first-order valence-corrected chi connectivity index (χ1v) is 9.21. The summed E-state index contributed by atoms with van der Waals surface area (Å²) in [7, 11) is 0. The SMILES string of the molecule is O=C(O)CC[C@H](C(=O)c1cccc(OCc2ccccc2)c1)c1ccccc1. The van der Waals surface area contributed by atoms with Crippen molar-refractivity contribution < 1.29 is 19.4 Å². The number of carbonyl (C=O) groups excluding carboxylic acids is 1. The van der Waals surface area contributed by atoms with Crippen LogP contribution in [0.25, 0.3) is 0 Å². The van der Waals surface area contributed by atoms with E-state index in [-0.39, 0.29) is 18.6 Å². The van der Waals surface area contributed by atoms with Gasteiger partial charge in [-0.2, -0.15) is 0 Å². The molecule has 0 saturated carbocycles. The summed E-state index contributed by atoms with van der Waals surface area (Å²) in [4.78, 5) is 24.2. The largest absolute Gasteiger partial charge is 0.489 e. The first kappa shape index (κ1) is 19.4. The third kappa shape index (κ3) is 5.30. The van der Waals surface area contributed by atoms with Gasteiger partial charge >= 0.3 is 5.97 Å². The van der Waals surface area contributed by atoms with Crippen LogP contribution in [-0.4, -0.2) is 16.9 Å². The van der Waals surface area contributed by atoms with Crippen LogP contribution in [-0.2, 0) is 11.4 Å². The van der Waals surface area contributed by atoms with Crippen molar-refractivity contribution in [1.29, 1.82) is 0 Å². The quantitative estimate of drug-likeness (QED) is 0.530. The van der Waals surface area contributed by atoms with Crippen molar-refractivity contribution in [2.45, 2.75) is 25.4 Å². The number of carboxylic acids is 1. The molecule has 0 aliphatic rings. The van der Waals surface area contributed by atoms with Crippen molar-refractivity contribution in [1.82, 2.24) is 0 Å². The van der Waals surface area contributed by atoms with Gasteiger partial charge in [-0.1, -0.05) is 72.8 Å². The number of hydrogen-bond acceptors (Lipinski definition) is 3. The zero-order chi connectivity index (χ0) is 19.8. The van der Waals surface area contributed by atoms with Crippen LogP contribution in [0.5, 0.6) is 5.75 Å². The van der Waals surface area contributed by atoms with Crippen LogP contribution in [0, 0.1) is 0 Å². The van der Waals surface area contributed by atoms with Gasteiger partial charge in [0, 0.05) is 17.9 Å². The van der Waals surface area contributed by atoms with Gasteiger partial charge in [-0.25, -0.2) is 0 Å². The minimum absolute atomic E-state index is 0.0600. The molecule has 0 unspecified atom stereocenters. The Bertz CT molecular complexity index is 920. The summed E-state index contributed by atoms with van der Waals surface area (Å²) in [5.74, 6) is -0.896. The van der Waals surface area contributed by atoms with E-state index >= 15 is 0 Å². The summed E-state index contributed by atoms with van der Waals surface area (Å²) in [6, 6.07) is 26.2. The molecule has 4 heteroatoms. The lowest BCUT2D eigenvalue weighted by Gasteiger charge is -2.16. The molecule has 0 amide bonds. The zero-order valence-electron chi connectivity index (χ0n) is 15.5. The summed E-state index contributed by atoms with van der Waals surface area (Å²) in [5, 5.41) is 9.05. The Morgan fingerprint density at radius 1 is 0.857 bits per heavy atom. The molecule has 4 nitrogen and oxygen atoms in total. The van der Waals surface area contributed by atoms with Crippen molar-refractivity contribution in [2.24, 2.45) is 0 Å². The molecule has 0 spiro atoms. The summed E-state index contributed by atoms with van der Waals surface area (Å²) in [5.41, 5.74) is 2.39. The number of hydrogen-bond donors (Lipinski definition) is 1. The molecule has 0 aliphatic carbocycles. The average Bonchev–Trinajstić information content (AvgIpc) is 2.74.